The lowest BCUT2D eigenvalue weighted by Gasteiger charge is -2.37. The Morgan fingerprint density at radius 2 is 1.10 bits per heavy atom. The highest BCUT2D eigenvalue weighted by molar-refractivity contribution is 5.98. The van der Waals surface area contributed by atoms with Crippen LogP contribution >= 0.6 is 0 Å². The summed E-state index contributed by atoms with van der Waals surface area (Å²) in [5.41, 5.74) is 0. The number of hydrogen-bond acceptors (Lipinski definition) is 15. The van der Waals surface area contributed by atoms with Crippen LogP contribution in [0, 0.1) is 41.4 Å². The molecule has 23 heteroatoms. The number of ether oxygens (including phenoxy) is 3. The van der Waals surface area contributed by atoms with E-state index in [4.69, 9.17) is 14.2 Å². The summed E-state index contributed by atoms with van der Waals surface area (Å²) in [6.45, 7) is 29.4. The number of nitrogens with zero attached hydrogens (tertiary/aromatic N) is 4. The third-order valence-electron chi connectivity index (χ3n) is 14.8. The van der Waals surface area contributed by atoms with Gasteiger partial charge in [0, 0.05) is 41.0 Å². The Hall–Kier alpha value is -5.87. The lowest BCUT2D eigenvalue weighted by atomic mass is 9.94. The average molecular weight is 1140 g/mol. The van der Waals surface area contributed by atoms with E-state index >= 15 is 0 Å². The van der Waals surface area contributed by atoms with Crippen molar-refractivity contribution in [3.8, 4) is 0 Å². The summed E-state index contributed by atoms with van der Waals surface area (Å²) in [6, 6.07) is -11.1. The molecule has 0 bridgehead atoms. The van der Waals surface area contributed by atoms with Crippen molar-refractivity contribution < 1.29 is 72.1 Å². The number of carbonyl (C=O) groups is 11. The third-order valence-corrected chi connectivity index (χ3v) is 14.8. The van der Waals surface area contributed by atoms with Crippen molar-refractivity contribution in [2.45, 2.75) is 229 Å². The standard InChI is InChI=1S/C57H100N8O15/c1-23-33(13)42-53(73)63(20)39(25-28(3)4)48(68)60-43(36(16)66)54(74)65(22)45(31(9)10)50(70)58-35(15)52(72)64(21)40(26-29(5)6)55(75)78-37(17)44(61-51(71)46(34(14)24-2)62(19)38(18)67)56(76)80-47(32(11)12)57(77)79-41(27-30(7)8)49(69)59-42/h28-37,39-47,66H,23-27H2,1-22H3,(H,58,70)(H,59,69)(H,60,68)(H,61,71). The van der Waals surface area contributed by atoms with E-state index in [1.807, 2.05) is 13.8 Å². The van der Waals surface area contributed by atoms with Gasteiger partial charge in [0.2, 0.25) is 47.5 Å². The lowest BCUT2D eigenvalue weighted by Crippen LogP contribution is -2.63. The molecule has 8 amide bonds. The zero-order valence-corrected chi connectivity index (χ0v) is 52.0. The first kappa shape index (κ1) is 72.1. The highest BCUT2D eigenvalue weighted by Crippen LogP contribution is 2.23. The molecule has 1 aliphatic rings. The molecule has 0 aliphatic carbocycles. The minimum Gasteiger partial charge on any atom is -0.458 e. The van der Waals surface area contributed by atoms with Crippen LogP contribution in [0.1, 0.15) is 157 Å². The molecule has 0 spiro atoms. The minimum atomic E-state index is -1.85. The van der Waals surface area contributed by atoms with Gasteiger partial charge in [0.05, 0.1) is 6.10 Å². The van der Waals surface area contributed by atoms with Crippen LogP contribution in [0.15, 0.2) is 0 Å². The number of aliphatic hydroxyl groups is 1. The fourth-order valence-corrected chi connectivity index (χ4v) is 9.46. The van der Waals surface area contributed by atoms with E-state index in [1.54, 1.807) is 83.1 Å². The van der Waals surface area contributed by atoms with Crippen LogP contribution in [0.2, 0.25) is 0 Å². The van der Waals surface area contributed by atoms with E-state index in [0.717, 1.165) is 14.7 Å². The van der Waals surface area contributed by atoms with Crippen molar-refractivity contribution in [2.24, 2.45) is 41.4 Å². The highest BCUT2D eigenvalue weighted by Gasteiger charge is 2.45. The van der Waals surface area contributed by atoms with Gasteiger partial charge in [-0.1, -0.05) is 110 Å². The van der Waals surface area contributed by atoms with Gasteiger partial charge < -0.3 is 60.2 Å². The van der Waals surface area contributed by atoms with E-state index in [1.165, 1.54) is 60.8 Å². The van der Waals surface area contributed by atoms with E-state index < -0.39 is 162 Å². The molecule has 0 aromatic heterocycles. The number of amides is 8. The number of carbonyl (C=O) groups excluding carboxylic acids is 11. The normalized spacial score (nSPS) is 27.1. The molecule has 80 heavy (non-hydrogen) atoms. The van der Waals surface area contributed by atoms with Crippen molar-refractivity contribution in [1.82, 2.24) is 40.9 Å². The van der Waals surface area contributed by atoms with E-state index in [-0.39, 0.29) is 37.0 Å². The maximum absolute atomic E-state index is 14.7. The Morgan fingerprint density at radius 1 is 0.600 bits per heavy atom. The van der Waals surface area contributed by atoms with Crippen LogP contribution < -0.4 is 21.3 Å². The molecular formula is C57H100N8O15. The molecule has 1 saturated heterocycles. The molecule has 5 N–H and O–H groups in total. The number of nitrogens with one attached hydrogen (secondary N) is 4. The molecule has 0 aromatic rings. The van der Waals surface area contributed by atoms with Gasteiger partial charge >= 0.3 is 17.9 Å². The second kappa shape index (κ2) is 32.5. The summed E-state index contributed by atoms with van der Waals surface area (Å²) in [4.78, 5) is 162. The van der Waals surface area contributed by atoms with E-state index in [2.05, 4.69) is 21.3 Å². The quantitative estimate of drug-likeness (QED) is 0.110. The molecule has 14 atom stereocenters. The van der Waals surface area contributed by atoms with Gasteiger partial charge in [-0.25, -0.2) is 14.4 Å². The topological polar surface area (TPSA) is 297 Å². The molecule has 1 aliphatic heterocycles. The van der Waals surface area contributed by atoms with Gasteiger partial charge in [-0.2, -0.15) is 0 Å². The first-order chi connectivity index (χ1) is 36.9. The van der Waals surface area contributed by atoms with Crippen LogP contribution in [0.4, 0.5) is 0 Å². The number of rotatable bonds is 16. The molecule has 23 nitrogen and oxygen atoms in total. The van der Waals surface area contributed by atoms with Crippen molar-refractivity contribution >= 4 is 65.2 Å². The fourth-order valence-electron chi connectivity index (χ4n) is 9.46. The number of cyclic esters (lactones) is 3. The van der Waals surface area contributed by atoms with E-state index in [0.29, 0.717) is 12.8 Å². The second-order valence-electron chi connectivity index (χ2n) is 23.9. The Balaban J connectivity index is 4.37. The average Bonchev–Trinajstić information content (AvgIpc) is 3.35. The second-order valence-corrected chi connectivity index (χ2v) is 23.9. The Morgan fingerprint density at radius 3 is 1.56 bits per heavy atom. The molecule has 1 rings (SSSR count). The maximum Gasteiger partial charge on any atom is 0.348 e. The smallest absolute Gasteiger partial charge is 0.348 e. The van der Waals surface area contributed by atoms with Crippen LogP contribution in [0.25, 0.3) is 0 Å². The fraction of sp³-hybridized carbons (Fsp3) is 0.807. The SMILES string of the molecule is CCC(C)C1NC(=O)C(CC(C)C)OC(=O)C(C(C)C)OC(=O)C(NC(=O)C(C(C)CC)N(C)C(C)=O)C(C)OC(=O)C(CC(C)C)N(C)C(=O)C(C)NC(=O)C(C(C)C)N(C)C(=O)C(C(C)O)NC(=O)C(CC(C)C)N(C)C1=O. The minimum absolute atomic E-state index is 0.0141. The number of hydrogen-bond donors (Lipinski definition) is 5. The van der Waals surface area contributed by atoms with Crippen LogP contribution in [-0.2, 0) is 67.0 Å². The summed E-state index contributed by atoms with van der Waals surface area (Å²) in [5.74, 6) is -12.7. The predicted molar refractivity (Wildman–Crippen MR) is 299 cm³/mol. The van der Waals surface area contributed by atoms with E-state index in [9.17, 15) is 57.8 Å². The number of likely N-dealkylation sites (N-methyl/N-ethyl adjacent to an activating group) is 4. The van der Waals surface area contributed by atoms with Crippen molar-refractivity contribution in [1.29, 1.82) is 0 Å². The molecule has 0 radical (unpaired) electrons. The van der Waals surface area contributed by atoms with Gasteiger partial charge in [-0.05, 0) is 75.5 Å². The van der Waals surface area contributed by atoms with Crippen LogP contribution in [0.5, 0.6) is 0 Å². The first-order valence-corrected chi connectivity index (χ1v) is 28.4. The van der Waals surface area contributed by atoms with Crippen molar-refractivity contribution in [3.63, 3.8) is 0 Å². The largest absolute Gasteiger partial charge is 0.458 e. The molecule has 0 saturated carbocycles. The molecule has 1 fully saturated rings. The van der Waals surface area contributed by atoms with Crippen molar-refractivity contribution in [3.05, 3.63) is 0 Å². The summed E-state index contributed by atoms with van der Waals surface area (Å²) in [7, 11) is 5.43. The monoisotopic (exact) mass is 1140 g/mol. The molecular weight excluding hydrogens is 1040 g/mol. The Bertz CT molecular complexity index is 2150. The van der Waals surface area contributed by atoms with Crippen LogP contribution in [0.3, 0.4) is 0 Å². The predicted octanol–water partition coefficient (Wildman–Crippen LogP) is 2.97. The van der Waals surface area contributed by atoms with Gasteiger partial charge in [0.1, 0.15) is 48.4 Å². The first-order valence-electron chi connectivity index (χ1n) is 28.4. The zero-order valence-electron chi connectivity index (χ0n) is 52.0. The summed E-state index contributed by atoms with van der Waals surface area (Å²) in [6.07, 6.45) is -5.59. The van der Waals surface area contributed by atoms with Crippen LogP contribution in [-0.4, -0.2) is 191 Å². The van der Waals surface area contributed by atoms with Crippen molar-refractivity contribution in [2.75, 3.05) is 28.2 Å². The number of aliphatic hydroxyl groups excluding tert-OH is 1. The summed E-state index contributed by atoms with van der Waals surface area (Å²) in [5, 5.41) is 21.7. The lowest BCUT2D eigenvalue weighted by molar-refractivity contribution is -0.181. The van der Waals surface area contributed by atoms with Gasteiger partial charge in [0.25, 0.3) is 5.91 Å². The van der Waals surface area contributed by atoms with Gasteiger partial charge in [-0.15, -0.1) is 0 Å². The number of esters is 3. The Labute approximate surface area is 475 Å². The Kier molecular flexibility index (Phi) is 29.3. The molecule has 14 unspecified atom stereocenters. The molecule has 0 aromatic carbocycles. The zero-order chi connectivity index (χ0) is 62.1. The van der Waals surface area contributed by atoms with Gasteiger partial charge in [0.15, 0.2) is 12.1 Å². The molecule has 1 heterocycles. The summed E-state index contributed by atoms with van der Waals surface area (Å²) >= 11 is 0. The highest BCUT2D eigenvalue weighted by atomic mass is 16.6. The summed E-state index contributed by atoms with van der Waals surface area (Å²) < 4.78 is 17.7. The van der Waals surface area contributed by atoms with Gasteiger partial charge in [-0.3, -0.25) is 38.4 Å². The third kappa shape index (κ3) is 20.3. The maximum atomic E-state index is 14.7. The molecule has 458 valence electrons.